The molecule has 1 aromatic heterocycles. The van der Waals surface area contributed by atoms with Crippen molar-refractivity contribution in [2.45, 2.75) is 26.2 Å². The van der Waals surface area contributed by atoms with E-state index in [4.69, 9.17) is 0 Å². The molecule has 6 heteroatoms. The molecular formula is C118H88BN3Si2. The van der Waals surface area contributed by atoms with Crippen LogP contribution in [-0.2, 0) is 5.41 Å². The number of hydrogen-bond acceptors (Lipinski definition) is 2. The molecule has 0 atom stereocenters. The van der Waals surface area contributed by atoms with Crippen LogP contribution in [0.3, 0.4) is 0 Å². The third-order valence-corrected chi connectivity index (χ3v) is 35.6. The van der Waals surface area contributed by atoms with Gasteiger partial charge in [-0.3, -0.25) is 0 Å². The van der Waals surface area contributed by atoms with Crippen LogP contribution in [-0.4, -0.2) is 27.4 Å². The van der Waals surface area contributed by atoms with Gasteiger partial charge in [0.2, 0.25) is 0 Å². The maximum absolute atomic E-state index is 3.60. The molecular weight excluding hydrogens is 1530 g/mol. The van der Waals surface area contributed by atoms with Gasteiger partial charge in [-0.15, -0.1) is 0 Å². The van der Waals surface area contributed by atoms with Crippen molar-refractivity contribution in [2.24, 2.45) is 0 Å². The summed E-state index contributed by atoms with van der Waals surface area (Å²) >= 11 is 0. The lowest BCUT2D eigenvalue weighted by Crippen LogP contribution is -2.78. The minimum atomic E-state index is -3.60. The summed E-state index contributed by atoms with van der Waals surface area (Å²) in [4.78, 5) is 5.36. The molecule has 586 valence electrons. The van der Waals surface area contributed by atoms with Gasteiger partial charge in [0.15, 0.2) is 16.1 Å². The van der Waals surface area contributed by atoms with Gasteiger partial charge in [0, 0.05) is 50.5 Å². The summed E-state index contributed by atoms with van der Waals surface area (Å²) in [5.41, 5.74) is 28.6. The van der Waals surface area contributed by atoms with E-state index in [-0.39, 0.29) is 12.1 Å². The van der Waals surface area contributed by atoms with Gasteiger partial charge in [-0.2, -0.15) is 0 Å². The third kappa shape index (κ3) is 12.9. The molecule has 0 amide bonds. The van der Waals surface area contributed by atoms with E-state index in [1.54, 1.807) is 0 Å². The van der Waals surface area contributed by atoms with Crippen molar-refractivity contribution < 1.29 is 0 Å². The number of anilines is 6. The van der Waals surface area contributed by atoms with E-state index < -0.39 is 16.1 Å². The zero-order chi connectivity index (χ0) is 82.9. The maximum atomic E-state index is 2.73. The number of rotatable bonds is 17. The Morgan fingerprint density at radius 1 is 0.210 bits per heavy atom. The largest absolute Gasteiger partial charge is 0.311 e. The Kier molecular flexibility index (Phi) is 19.0. The lowest BCUT2D eigenvalue weighted by atomic mass is 9.33. The van der Waals surface area contributed by atoms with Gasteiger partial charge in [0.1, 0.15) is 0 Å². The van der Waals surface area contributed by atoms with E-state index in [2.05, 4.69) is 514 Å². The van der Waals surface area contributed by atoms with Crippen LogP contribution in [0.4, 0.5) is 34.1 Å². The number of para-hydroxylation sites is 2. The molecule has 0 fully saturated rings. The van der Waals surface area contributed by atoms with Gasteiger partial charge >= 0.3 is 0 Å². The Morgan fingerprint density at radius 2 is 0.565 bits per heavy atom. The van der Waals surface area contributed by atoms with Crippen LogP contribution in [0.5, 0.6) is 0 Å². The zero-order valence-electron chi connectivity index (χ0n) is 69.5. The fraction of sp³-hybridized carbons (Fsp3) is 0.0339. The van der Waals surface area contributed by atoms with Crippen LogP contribution in [0.15, 0.2) is 479 Å². The Bertz CT molecular complexity index is 7070. The van der Waals surface area contributed by atoms with Crippen molar-refractivity contribution in [3.8, 4) is 72.4 Å². The summed E-state index contributed by atoms with van der Waals surface area (Å²) in [6, 6.07) is 183. The fourth-order valence-electron chi connectivity index (χ4n) is 20.4. The van der Waals surface area contributed by atoms with Gasteiger partial charge in [-0.05, 0) is 197 Å². The van der Waals surface area contributed by atoms with E-state index >= 15 is 0 Å². The predicted octanol–water partition coefficient (Wildman–Crippen LogP) is 22.9. The molecule has 0 N–H and O–H groups in total. The normalized spacial score (nSPS) is 12.4. The second-order valence-electron chi connectivity index (χ2n) is 34.2. The van der Waals surface area contributed by atoms with Crippen molar-refractivity contribution in [1.82, 2.24) is 4.57 Å². The quantitative estimate of drug-likeness (QED) is 0.0665. The van der Waals surface area contributed by atoms with Crippen LogP contribution in [0.1, 0.15) is 26.3 Å². The van der Waals surface area contributed by atoms with Crippen LogP contribution in [0, 0.1) is 0 Å². The van der Waals surface area contributed by atoms with Crippen molar-refractivity contribution in [2.75, 3.05) is 9.80 Å². The Labute approximate surface area is 729 Å². The van der Waals surface area contributed by atoms with Crippen LogP contribution < -0.4 is 67.7 Å². The summed E-state index contributed by atoms with van der Waals surface area (Å²) in [7, 11) is -7.19. The molecule has 124 heavy (non-hydrogen) atoms. The van der Waals surface area contributed by atoms with Gasteiger partial charge in [0.25, 0.3) is 6.71 Å². The van der Waals surface area contributed by atoms with Crippen molar-refractivity contribution in [1.29, 1.82) is 0 Å². The van der Waals surface area contributed by atoms with E-state index in [1.165, 1.54) is 96.5 Å². The molecule has 0 saturated heterocycles. The summed E-state index contributed by atoms with van der Waals surface area (Å²) in [6.07, 6.45) is 0. The predicted molar refractivity (Wildman–Crippen MR) is 533 cm³/mol. The standard InChI is InChI=1S/C118H88BN3Si2/c1-118(2,3)94-67-69-108-113(80-94)122(112-71-66-91(86-44-19-7-20-45-86)77-107(112)87-46-21-8-22-47-87)116-79-93(78-115-117(116)119(108)109-70-68-96(120-110-64-33-31-62-105(110)106-63-32-34-65-111(106)120)81-114(109)121(115)95-51-35-48-88(72-95)83-38-13-4-14-39-83)92-75-103(123(97-52-23-9-24-53-97,98-54-25-10-26-55-98)101-60-36-49-89(73-101)84-40-15-5-16-41-84)82-104(76-92)124(99-56-27-11-28-57-99,100-58-29-12-30-59-100)102-61-37-50-90(74-102)85-42-17-6-18-43-85/h4-82H,1-3H3. The molecule has 0 bridgehead atoms. The number of nitrogens with zero attached hydrogens (tertiary/aromatic N) is 3. The molecule has 3 nitrogen and oxygen atoms in total. The molecule has 0 unspecified atom stereocenters. The Balaban J connectivity index is 0.929. The molecule has 0 spiro atoms. The average molecular weight is 1620 g/mol. The number of hydrogen-bond donors (Lipinski definition) is 0. The highest BCUT2D eigenvalue weighted by Gasteiger charge is 2.49. The highest BCUT2D eigenvalue weighted by Crippen LogP contribution is 2.51. The van der Waals surface area contributed by atoms with Gasteiger partial charge in [0.05, 0.1) is 16.7 Å². The van der Waals surface area contributed by atoms with Crippen LogP contribution in [0.2, 0.25) is 0 Å². The van der Waals surface area contributed by atoms with Gasteiger partial charge in [-0.1, -0.05) is 433 Å². The molecule has 2 aliphatic rings. The van der Waals surface area contributed by atoms with Crippen LogP contribution in [0.25, 0.3) is 94.3 Å². The molecule has 3 heterocycles. The average Bonchev–Trinajstić information content (AvgIpc) is 0.745. The molecule has 19 aromatic carbocycles. The Morgan fingerprint density at radius 3 is 1.02 bits per heavy atom. The van der Waals surface area contributed by atoms with E-state index in [0.717, 1.165) is 95.4 Å². The van der Waals surface area contributed by atoms with Crippen molar-refractivity contribution in [3.63, 3.8) is 0 Å². The fourth-order valence-corrected chi connectivity index (χ4v) is 30.3. The highest BCUT2D eigenvalue weighted by atomic mass is 28.3. The molecule has 2 aliphatic heterocycles. The first-order chi connectivity index (χ1) is 61.1. The first-order valence-electron chi connectivity index (χ1n) is 43.3. The zero-order valence-corrected chi connectivity index (χ0v) is 71.5. The highest BCUT2D eigenvalue weighted by molar-refractivity contribution is 7.22. The van der Waals surface area contributed by atoms with Crippen LogP contribution >= 0.6 is 0 Å². The molecule has 0 aliphatic carbocycles. The molecule has 22 rings (SSSR count). The van der Waals surface area contributed by atoms with Crippen molar-refractivity contribution in [3.05, 3.63) is 485 Å². The monoisotopic (exact) mass is 1610 g/mol. The number of aromatic nitrogens is 1. The maximum Gasteiger partial charge on any atom is 0.252 e. The van der Waals surface area contributed by atoms with Gasteiger partial charge < -0.3 is 14.4 Å². The van der Waals surface area contributed by atoms with Gasteiger partial charge in [-0.25, -0.2) is 0 Å². The lowest BCUT2D eigenvalue weighted by Gasteiger charge is -2.45. The Hall–Kier alpha value is -14.9. The van der Waals surface area contributed by atoms with E-state index in [9.17, 15) is 0 Å². The smallest absolute Gasteiger partial charge is 0.252 e. The van der Waals surface area contributed by atoms with E-state index in [1.807, 2.05) is 0 Å². The second kappa shape index (κ2) is 31.3. The first-order valence-corrected chi connectivity index (χ1v) is 47.3. The van der Waals surface area contributed by atoms with Crippen molar-refractivity contribution >= 4 is 137 Å². The molecule has 0 radical (unpaired) electrons. The minimum Gasteiger partial charge on any atom is -0.311 e. The number of benzene rings is 19. The minimum absolute atomic E-state index is 0.227. The summed E-state index contributed by atoms with van der Waals surface area (Å²) in [5.74, 6) is 0. The van der Waals surface area contributed by atoms with E-state index in [0.29, 0.717) is 0 Å². The number of fused-ring (bicyclic) bond motifs is 7. The first kappa shape index (κ1) is 75.3. The third-order valence-electron chi connectivity index (χ3n) is 26.2. The SMILES string of the molecule is CC(C)(C)c1ccc2c(c1)N(c1ccc(-c3ccccc3)cc1-c1ccccc1)c1cc(-c3cc([Si](c4ccccc4)(c4ccccc4)c4cccc(-c5ccccc5)c4)cc([Si](c4ccccc4)(c4ccccc4)c4cccc(-c5ccccc5)c4)c3)cc3c1B2c1ccc(-n2c4ccccc4c4ccccc42)cc1N3c1cccc(-c2ccccc2)c1. The lowest BCUT2D eigenvalue weighted by molar-refractivity contribution is 0.590. The molecule has 0 saturated carbocycles. The topological polar surface area (TPSA) is 11.4 Å². The second-order valence-corrected chi connectivity index (χ2v) is 41.8. The summed E-state index contributed by atoms with van der Waals surface area (Å²) < 4.78 is 2.50. The summed E-state index contributed by atoms with van der Waals surface area (Å²) in [5, 5.41) is 12.8. The molecule has 20 aromatic rings. The summed E-state index contributed by atoms with van der Waals surface area (Å²) in [6.45, 7) is 6.85.